The monoisotopic (exact) mass is 231 g/mol. The Morgan fingerprint density at radius 1 is 1.12 bits per heavy atom. The molecular weight excluding hydrogens is 226 g/mol. The molecule has 0 aliphatic heterocycles. The van der Waals surface area contributed by atoms with Gasteiger partial charge >= 0.3 is 17.6 Å². The van der Waals surface area contributed by atoms with Crippen LogP contribution in [0.15, 0.2) is 0 Å². The summed E-state index contributed by atoms with van der Waals surface area (Å²) in [6.45, 7) is 1.22. The Kier molecular flexibility index (Phi) is 2.78. The van der Waals surface area contributed by atoms with Gasteiger partial charge in [-0.25, -0.2) is 0 Å². The van der Waals surface area contributed by atoms with Crippen molar-refractivity contribution in [3.05, 3.63) is 30.3 Å². The maximum Gasteiger partial charge on any atom is 0.507 e. The zero-order chi connectivity index (χ0) is 12.5. The van der Waals surface area contributed by atoms with Gasteiger partial charge in [0, 0.05) is 0 Å². The highest BCUT2D eigenvalue weighted by Crippen LogP contribution is 2.30. The van der Waals surface area contributed by atoms with E-state index in [4.69, 9.17) is 0 Å². The summed E-state index contributed by atoms with van der Waals surface area (Å²) >= 11 is 0. The molecule has 1 aromatic rings. The Hall–Kier alpha value is -2.59. The van der Waals surface area contributed by atoms with Gasteiger partial charge in [-0.2, -0.15) is 0 Å². The van der Waals surface area contributed by atoms with Gasteiger partial charge in [0.05, 0.1) is 11.5 Å². The third-order valence-corrected chi connectivity index (χ3v) is 1.73. The molecule has 0 fully saturated rings. The molecule has 0 N–H and O–H groups in total. The zero-order valence-corrected chi connectivity index (χ0v) is 7.89. The Balaban J connectivity index is 3.58. The van der Waals surface area contributed by atoms with E-state index in [1.165, 1.54) is 6.92 Å². The molecule has 0 bridgehead atoms. The van der Waals surface area contributed by atoms with E-state index >= 15 is 0 Å². The van der Waals surface area contributed by atoms with E-state index in [-0.39, 0.29) is 6.54 Å². The van der Waals surface area contributed by atoms with E-state index in [2.05, 4.69) is 4.98 Å². The lowest BCUT2D eigenvalue weighted by Gasteiger charge is -1.96. The van der Waals surface area contributed by atoms with Gasteiger partial charge in [0.25, 0.3) is 0 Å². The van der Waals surface area contributed by atoms with Gasteiger partial charge in [-0.15, -0.1) is 4.57 Å². The first-order valence-electron chi connectivity index (χ1n) is 3.93. The minimum absolute atomic E-state index is 0.159. The first-order chi connectivity index (χ1) is 7.40. The largest absolute Gasteiger partial charge is 0.507 e. The molecule has 0 unspecified atom stereocenters. The summed E-state index contributed by atoms with van der Waals surface area (Å²) in [5.41, 5.74) is 0. The van der Waals surface area contributed by atoms with E-state index in [0.717, 1.165) is 0 Å². The highest BCUT2D eigenvalue weighted by atomic mass is 16.6. The summed E-state index contributed by atoms with van der Waals surface area (Å²) in [6.07, 6.45) is 0. The fraction of sp³-hybridized carbons (Fsp3) is 0.400. The second-order valence-electron chi connectivity index (χ2n) is 2.57. The number of nitro groups is 3. The molecule has 1 rings (SSSR count). The third-order valence-electron chi connectivity index (χ3n) is 1.73. The van der Waals surface area contributed by atoms with Crippen LogP contribution in [0, 0.1) is 30.3 Å². The topological polar surface area (TPSA) is 147 Å². The summed E-state index contributed by atoms with van der Waals surface area (Å²) in [5.74, 6) is -3.03. The van der Waals surface area contributed by atoms with Gasteiger partial charge < -0.3 is 30.3 Å². The molecule has 0 radical (unpaired) electrons. The van der Waals surface area contributed by atoms with Crippen molar-refractivity contribution in [3.8, 4) is 0 Å². The summed E-state index contributed by atoms with van der Waals surface area (Å²) in [6, 6.07) is 0. The van der Waals surface area contributed by atoms with Crippen molar-refractivity contribution >= 4 is 17.6 Å². The Bertz CT molecular complexity index is 478. The average molecular weight is 231 g/mol. The highest BCUT2D eigenvalue weighted by Gasteiger charge is 2.39. The SMILES string of the molecule is CCn1c([N+](=O)[O-])nc([N+](=O)[O-])c1[N+](=O)[O-]. The van der Waals surface area contributed by atoms with Crippen molar-refractivity contribution in [2.45, 2.75) is 13.5 Å². The van der Waals surface area contributed by atoms with Crippen LogP contribution >= 0.6 is 0 Å². The molecule has 0 amide bonds. The van der Waals surface area contributed by atoms with Crippen molar-refractivity contribution in [3.63, 3.8) is 0 Å². The minimum atomic E-state index is -1.13. The molecule has 0 saturated heterocycles. The number of hydrogen-bond donors (Lipinski definition) is 0. The van der Waals surface area contributed by atoms with Crippen LogP contribution in [0.25, 0.3) is 0 Å². The van der Waals surface area contributed by atoms with Gasteiger partial charge in [0.2, 0.25) is 0 Å². The number of imidazole rings is 1. The van der Waals surface area contributed by atoms with Crippen molar-refractivity contribution in [1.82, 2.24) is 9.55 Å². The Labute approximate surface area is 86.8 Å². The molecule has 11 heteroatoms. The molecule has 0 aliphatic rings. The smallest absolute Gasteiger partial charge is 0.389 e. The number of aromatic nitrogens is 2. The van der Waals surface area contributed by atoms with Crippen molar-refractivity contribution in [2.24, 2.45) is 0 Å². The fourth-order valence-electron chi connectivity index (χ4n) is 1.15. The predicted octanol–water partition coefficient (Wildman–Crippen LogP) is 0.628. The molecule has 11 nitrogen and oxygen atoms in total. The maximum atomic E-state index is 10.6. The molecule has 0 atom stereocenters. The second kappa shape index (κ2) is 3.88. The average Bonchev–Trinajstić information content (AvgIpc) is 2.56. The molecule has 16 heavy (non-hydrogen) atoms. The van der Waals surface area contributed by atoms with Gasteiger partial charge in [-0.05, 0) is 21.7 Å². The standard InChI is InChI=1S/C5H5N5O6/c1-2-7-4(9(13)14)3(8(11)12)6-5(7)10(15)16/h2H2,1H3. The zero-order valence-electron chi connectivity index (χ0n) is 7.89. The quantitative estimate of drug-likeness (QED) is 0.544. The minimum Gasteiger partial charge on any atom is -0.389 e. The lowest BCUT2D eigenvalue weighted by Crippen LogP contribution is -2.05. The fourth-order valence-corrected chi connectivity index (χ4v) is 1.15. The molecule has 86 valence electrons. The van der Waals surface area contributed by atoms with Crippen molar-refractivity contribution in [2.75, 3.05) is 0 Å². The van der Waals surface area contributed by atoms with E-state index in [1.807, 2.05) is 0 Å². The van der Waals surface area contributed by atoms with Gasteiger partial charge in [-0.1, -0.05) is 0 Å². The van der Waals surface area contributed by atoms with Gasteiger partial charge in [0.15, 0.2) is 0 Å². The normalized spacial score (nSPS) is 10.1. The van der Waals surface area contributed by atoms with Crippen LogP contribution in [0.3, 0.4) is 0 Å². The summed E-state index contributed by atoms with van der Waals surface area (Å²) in [4.78, 5) is 31.3. The predicted molar refractivity (Wildman–Crippen MR) is 47.9 cm³/mol. The van der Waals surface area contributed by atoms with Crippen LogP contribution in [-0.4, -0.2) is 24.3 Å². The van der Waals surface area contributed by atoms with Gasteiger partial charge in [-0.3, -0.25) is 0 Å². The lowest BCUT2D eigenvalue weighted by molar-refractivity contribution is -0.428. The summed E-state index contributed by atoms with van der Waals surface area (Å²) in [5, 5.41) is 31.5. The second-order valence-corrected chi connectivity index (χ2v) is 2.57. The summed E-state index contributed by atoms with van der Waals surface area (Å²) in [7, 11) is 0. The Morgan fingerprint density at radius 3 is 2.00 bits per heavy atom. The van der Waals surface area contributed by atoms with Crippen LogP contribution in [0.4, 0.5) is 17.6 Å². The first-order valence-corrected chi connectivity index (χ1v) is 3.93. The Morgan fingerprint density at radius 2 is 1.69 bits per heavy atom. The van der Waals surface area contributed by atoms with E-state index in [0.29, 0.717) is 4.57 Å². The van der Waals surface area contributed by atoms with E-state index in [9.17, 15) is 30.3 Å². The van der Waals surface area contributed by atoms with Crippen molar-refractivity contribution in [1.29, 1.82) is 0 Å². The van der Waals surface area contributed by atoms with Crippen LogP contribution in [0.2, 0.25) is 0 Å². The van der Waals surface area contributed by atoms with E-state index in [1.54, 1.807) is 0 Å². The number of hydrogen-bond acceptors (Lipinski definition) is 7. The van der Waals surface area contributed by atoms with Crippen LogP contribution < -0.4 is 0 Å². The molecule has 0 aliphatic carbocycles. The molecule has 0 aromatic carbocycles. The molecule has 0 saturated carbocycles. The molecular formula is C5H5N5O6. The van der Waals surface area contributed by atoms with Crippen LogP contribution in [0.1, 0.15) is 6.92 Å². The number of rotatable bonds is 4. The molecule has 1 heterocycles. The summed E-state index contributed by atoms with van der Waals surface area (Å²) < 4.78 is 0.568. The first kappa shape index (κ1) is 11.5. The third kappa shape index (κ3) is 1.65. The van der Waals surface area contributed by atoms with Crippen LogP contribution in [0.5, 0.6) is 0 Å². The van der Waals surface area contributed by atoms with E-state index < -0.39 is 32.4 Å². The molecule has 1 aromatic heterocycles. The molecule has 0 spiro atoms. The van der Waals surface area contributed by atoms with Gasteiger partial charge in [0.1, 0.15) is 0 Å². The highest BCUT2D eigenvalue weighted by molar-refractivity contribution is 5.46. The lowest BCUT2D eigenvalue weighted by atomic mass is 10.6. The van der Waals surface area contributed by atoms with Crippen LogP contribution in [-0.2, 0) is 6.54 Å². The number of nitrogens with zero attached hydrogens (tertiary/aromatic N) is 5. The van der Waals surface area contributed by atoms with Crippen molar-refractivity contribution < 1.29 is 14.8 Å². The maximum absolute atomic E-state index is 10.6.